The zero-order valence-corrected chi connectivity index (χ0v) is 20.3. The summed E-state index contributed by atoms with van der Waals surface area (Å²) in [5.74, 6) is -2.05. The number of aryl methyl sites for hydroxylation is 1. The average Bonchev–Trinajstić information content (AvgIpc) is 3.35. The predicted octanol–water partition coefficient (Wildman–Crippen LogP) is 5.71. The molecule has 6 nitrogen and oxygen atoms in total. The number of hydrogen-bond donors (Lipinski definition) is 1. The molecule has 0 saturated heterocycles. The van der Waals surface area contributed by atoms with E-state index in [0.29, 0.717) is 21.5 Å². The summed E-state index contributed by atoms with van der Waals surface area (Å²) < 4.78 is 1.65. The highest BCUT2D eigenvalue weighted by Crippen LogP contribution is 2.43. The van der Waals surface area contributed by atoms with Gasteiger partial charge < -0.3 is 9.67 Å². The summed E-state index contributed by atoms with van der Waals surface area (Å²) in [6.45, 7) is 0.274. The number of carbonyl (C=O) groups excluding carboxylic acids is 2. The number of benzene rings is 2. The molecule has 2 aromatic heterocycles. The Labute approximate surface area is 210 Å². The number of rotatable bonds is 4. The molecule has 0 radical (unpaired) electrons. The summed E-state index contributed by atoms with van der Waals surface area (Å²) in [6.07, 6.45) is 3.89. The van der Waals surface area contributed by atoms with Gasteiger partial charge in [-0.15, -0.1) is 11.3 Å². The maximum atomic E-state index is 13.9. The molecule has 3 heterocycles. The van der Waals surface area contributed by atoms with Crippen LogP contribution < -0.4 is 4.90 Å². The predicted molar refractivity (Wildman–Crippen MR) is 136 cm³/mol. The van der Waals surface area contributed by atoms with Crippen LogP contribution in [0.15, 0.2) is 48.5 Å². The Hall–Kier alpha value is -3.42. The lowest BCUT2D eigenvalue weighted by atomic mass is 9.92. The van der Waals surface area contributed by atoms with Crippen LogP contribution in [0, 0.1) is 0 Å². The van der Waals surface area contributed by atoms with Crippen LogP contribution in [0.2, 0.25) is 5.02 Å². The van der Waals surface area contributed by atoms with Crippen molar-refractivity contribution in [1.29, 1.82) is 0 Å². The second kappa shape index (κ2) is 8.36. The van der Waals surface area contributed by atoms with Crippen LogP contribution in [0.4, 0.5) is 5.69 Å². The van der Waals surface area contributed by atoms with Crippen molar-refractivity contribution in [1.82, 2.24) is 4.57 Å². The van der Waals surface area contributed by atoms with Crippen LogP contribution in [-0.2, 0) is 30.6 Å². The first-order chi connectivity index (χ1) is 16.9. The molecule has 0 unspecified atom stereocenters. The Morgan fingerprint density at radius 3 is 2.57 bits per heavy atom. The molecule has 0 spiro atoms. The van der Waals surface area contributed by atoms with Gasteiger partial charge in [-0.05, 0) is 55.0 Å². The van der Waals surface area contributed by atoms with Gasteiger partial charge in [-0.3, -0.25) is 9.59 Å². The van der Waals surface area contributed by atoms with E-state index in [1.54, 1.807) is 34.1 Å². The van der Waals surface area contributed by atoms with E-state index < -0.39 is 17.8 Å². The van der Waals surface area contributed by atoms with Gasteiger partial charge >= 0.3 is 5.97 Å². The summed E-state index contributed by atoms with van der Waals surface area (Å²) in [6, 6.07) is 14.6. The van der Waals surface area contributed by atoms with E-state index in [-0.39, 0.29) is 24.3 Å². The lowest BCUT2D eigenvalue weighted by Gasteiger charge is -2.26. The van der Waals surface area contributed by atoms with Crippen LogP contribution in [0.1, 0.15) is 54.6 Å². The van der Waals surface area contributed by atoms with Crippen molar-refractivity contribution in [3.8, 4) is 0 Å². The number of imide groups is 1. The number of amides is 2. The molecule has 2 amide bonds. The molecule has 2 aromatic carbocycles. The number of aromatic carboxylic acids is 1. The molecule has 1 aliphatic heterocycles. The van der Waals surface area contributed by atoms with Gasteiger partial charge in [0.2, 0.25) is 5.91 Å². The number of hydrogen-bond acceptors (Lipinski definition) is 4. The van der Waals surface area contributed by atoms with E-state index in [4.69, 9.17) is 11.6 Å². The van der Waals surface area contributed by atoms with Crippen LogP contribution in [0.5, 0.6) is 0 Å². The normalized spacial score (nSPS) is 15.4. The van der Waals surface area contributed by atoms with Crippen LogP contribution in [0.3, 0.4) is 0 Å². The number of nitrogens with zero attached hydrogens (tertiary/aromatic N) is 2. The fraction of sp³-hybridized carbons (Fsp3) is 0.222. The summed E-state index contributed by atoms with van der Waals surface area (Å²) in [4.78, 5) is 43.1. The summed E-state index contributed by atoms with van der Waals surface area (Å²) >= 11 is 7.87. The minimum Gasteiger partial charge on any atom is -0.477 e. The summed E-state index contributed by atoms with van der Waals surface area (Å²) in [5.41, 5.74) is 3.12. The van der Waals surface area contributed by atoms with Crippen LogP contribution >= 0.6 is 22.9 Å². The van der Waals surface area contributed by atoms with Crippen molar-refractivity contribution >= 4 is 57.3 Å². The molecule has 1 aliphatic carbocycles. The standard InChI is InChI=1S/C27H21ClN2O4S/c28-16-10-11-19-18(12-16)24(25(27(33)34)29(19)14-15-6-2-1-3-7-15)30-22(31)13-21-23(26(30)32)17-8-4-5-9-20(17)35-21/h1-3,6-7,10-12H,4-5,8-9,13-14H2,(H,33,34). The molecule has 0 bridgehead atoms. The Morgan fingerprint density at radius 2 is 1.80 bits per heavy atom. The van der Waals surface area contributed by atoms with Gasteiger partial charge in [0.15, 0.2) is 5.69 Å². The van der Waals surface area contributed by atoms with Gasteiger partial charge in [0.1, 0.15) is 0 Å². The number of thiophene rings is 1. The lowest BCUT2D eigenvalue weighted by Crippen LogP contribution is -2.43. The lowest BCUT2D eigenvalue weighted by molar-refractivity contribution is -0.117. The monoisotopic (exact) mass is 504 g/mol. The number of carboxylic acids is 1. The Morgan fingerprint density at radius 1 is 1.03 bits per heavy atom. The van der Waals surface area contributed by atoms with Crippen molar-refractivity contribution < 1.29 is 19.5 Å². The third-order valence-corrected chi connectivity index (χ3v) is 8.36. The van der Waals surface area contributed by atoms with E-state index in [2.05, 4.69) is 0 Å². The Balaban J connectivity index is 1.59. The number of carboxylic acid groups (broad SMARTS) is 1. The Bertz CT molecular complexity index is 1540. The van der Waals surface area contributed by atoms with Crippen molar-refractivity contribution in [2.75, 3.05) is 4.90 Å². The molecule has 8 heteroatoms. The molecule has 1 N–H and O–H groups in total. The van der Waals surface area contributed by atoms with Crippen LogP contribution in [-0.4, -0.2) is 27.5 Å². The van der Waals surface area contributed by atoms with Crippen molar-refractivity contribution in [3.63, 3.8) is 0 Å². The topological polar surface area (TPSA) is 79.6 Å². The highest BCUT2D eigenvalue weighted by atomic mass is 35.5. The average molecular weight is 505 g/mol. The first kappa shape index (κ1) is 22.1. The van der Waals surface area contributed by atoms with E-state index in [9.17, 15) is 19.5 Å². The zero-order valence-electron chi connectivity index (χ0n) is 18.7. The second-order valence-corrected chi connectivity index (χ2v) is 10.6. The van der Waals surface area contributed by atoms with E-state index in [0.717, 1.165) is 46.6 Å². The van der Waals surface area contributed by atoms with Crippen molar-refractivity contribution in [2.45, 2.75) is 38.6 Å². The molecule has 0 saturated carbocycles. The third kappa shape index (κ3) is 3.49. The summed E-state index contributed by atoms with van der Waals surface area (Å²) in [5, 5.41) is 11.2. The number of carbonyl (C=O) groups is 3. The van der Waals surface area contributed by atoms with Crippen molar-refractivity contribution in [3.05, 3.63) is 85.7 Å². The van der Waals surface area contributed by atoms with Gasteiger partial charge in [0.05, 0.1) is 23.2 Å². The van der Waals surface area contributed by atoms with Gasteiger partial charge in [-0.2, -0.15) is 0 Å². The molecular weight excluding hydrogens is 484 g/mol. The Kier molecular flexibility index (Phi) is 5.27. The number of halogens is 1. The highest BCUT2D eigenvalue weighted by molar-refractivity contribution is 7.12. The highest BCUT2D eigenvalue weighted by Gasteiger charge is 2.41. The molecule has 0 fully saturated rings. The quantitative estimate of drug-likeness (QED) is 0.361. The second-order valence-electron chi connectivity index (χ2n) is 8.96. The minimum absolute atomic E-state index is 0.0870. The van der Waals surface area contributed by atoms with E-state index in [1.165, 1.54) is 4.88 Å². The van der Waals surface area contributed by atoms with Crippen molar-refractivity contribution in [2.24, 2.45) is 0 Å². The molecule has 2 aliphatic rings. The smallest absolute Gasteiger partial charge is 0.354 e. The fourth-order valence-electron chi connectivity index (χ4n) is 5.35. The molecule has 6 rings (SSSR count). The first-order valence-corrected chi connectivity index (χ1v) is 12.7. The fourth-order valence-corrected chi connectivity index (χ4v) is 6.90. The van der Waals surface area contributed by atoms with Gasteiger partial charge in [-0.25, -0.2) is 9.69 Å². The molecule has 35 heavy (non-hydrogen) atoms. The van der Waals surface area contributed by atoms with Gasteiger partial charge in [0.25, 0.3) is 5.91 Å². The summed E-state index contributed by atoms with van der Waals surface area (Å²) in [7, 11) is 0. The molecule has 0 atom stereocenters. The molecular formula is C27H21ClN2O4S. The van der Waals surface area contributed by atoms with Gasteiger partial charge in [0, 0.05) is 26.7 Å². The maximum Gasteiger partial charge on any atom is 0.354 e. The van der Waals surface area contributed by atoms with E-state index in [1.807, 2.05) is 30.3 Å². The number of aromatic nitrogens is 1. The first-order valence-electron chi connectivity index (χ1n) is 11.5. The number of fused-ring (bicyclic) bond motifs is 4. The molecule has 176 valence electrons. The zero-order chi connectivity index (χ0) is 24.3. The van der Waals surface area contributed by atoms with Crippen LogP contribution in [0.25, 0.3) is 10.9 Å². The van der Waals surface area contributed by atoms with E-state index >= 15 is 0 Å². The SMILES string of the molecule is O=C(O)c1c(N2C(=O)Cc3sc4c(c3C2=O)CCCC4)c2cc(Cl)ccc2n1Cc1ccccc1. The molecule has 4 aromatic rings. The minimum atomic E-state index is -1.21. The largest absolute Gasteiger partial charge is 0.477 e. The number of anilines is 1. The maximum absolute atomic E-state index is 13.9. The third-order valence-electron chi connectivity index (χ3n) is 6.83. The van der Waals surface area contributed by atoms with Gasteiger partial charge in [-0.1, -0.05) is 41.9 Å².